The molecule has 0 radical (unpaired) electrons. The van der Waals surface area contributed by atoms with Gasteiger partial charge in [-0.2, -0.15) is 5.26 Å². The van der Waals surface area contributed by atoms with Gasteiger partial charge in [0.05, 0.1) is 32.9 Å². The average molecular weight is 403 g/mol. The summed E-state index contributed by atoms with van der Waals surface area (Å²) in [5.41, 5.74) is 4.45. The number of rotatable bonds is 5. The Bertz CT molecular complexity index is 1240. The maximum Gasteiger partial charge on any atom is 0.227 e. The second-order valence-corrected chi connectivity index (χ2v) is 7.66. The van der Waals surface area contributed by atoms with Crippen molar-refractivity contribution in [3.05, 3.63) is 64.8 Å². The van der Waals surface area contributed by atoms with Crippen LogP contribution in [0.15, 0.2) is 42.6 Å². The molecule has 2 heterocycles. The molecule has 3 aromatic rings. The number of benzene rings is 2. The summed E-state index contributed by atoms with van der Waals surface area (Å²) >= 11 is 0. The topological polar surface area (TPSA) is 114 Å². The smallest absolute Gasteiger partial charge is 0.227 e. The monoisotopic (exact) mass is 403 g/mol. The molecule has 0 amide bonds. The molecule has 0 spiro atoms. The van der Waals surface area contributed by atoms with Gasteiger partial charge in [-0.1, -0.05) is 19.1 Å². The quantitative estimate of drug-likeness (QED) is 0.517. The number of nitrogens with zero attached hydrogens (tertiary/aromatic N) is 3. The van der Waals surface area contributed by atoms with Crippen molar-refractivity contribution in [2.24, 2.45) is 0 Å². The lowest BCUT2D eigenvalue weighted by molar-refractivity contribution is 0.219. The third kappa shape index (κ3) is 3.47. The number of aromatic nitrogens is 2. The van der Waals surface area contributed by atoms with E-state index in [1.165, 1.54) is 12.1 Å². The lowest BCUT2D eigenvalue weighted by Gasteiger charge is -2.21. The largest absolute Gasteiger partial charge is 0.395 e. The van der Waals surface area contributed by atoms with Crippen molar-refractivity contribution in [2.75, 3.05) is 23.8 Å². The van der Waals surface area contributed by atoms with E-state index in [4.69, 9.17) is 2.74 Å². The average Bonchev–Trinajstić information content (AvgIpc) is 3.11. The van der Waals surface area contributed by atoms with E-state index in [0.717, 1.165) is 22.4 Å². The van der Waals surface area contributed by atoms with E-state index in [2.05, 4.69) is 26.7 Å². The molecule has 0 saturated heterocycles. The number of nitrogens with one attached hydrogen (secondary N) is 2. The van der Waals surface area contributed by atoms with Gasteiger partial charge in [0.1, 0.15) is 6.07 Å². The molecule has 1 aliphatic heterocycles. The summed E-state index contributed by atoms with van der Waals surface area (Å²) in [5, 5.41) is 35.5. The summed E-state index contributed by atoms with van der Waals surface area (Å²) in [6.45, 7) is 1.83. The molecule has 1 aliphatic rings. The summed E-state index contributed by atoms with van der Waals surface area (Å²) < 4.78 is 15.1. The number of fused-ring (bicyclic) bond motifs is 1. The molecule has 4 N–H and O–H groups in total. The van der Waals surface area contributed by atoms with Gasteiger partial charge in [-0.15, -0.1) is 0 Å². The molecule has 152 valence electrons. The van der Waals surface area contributed by atoms with Gasteiger partial charge in [-0.25, -0.2) is 9.97 Å². The van der Waals surface area contributed by atoms with Crippen LogP contribution < -0.4 is 10.6 Å². The Kier molecular flexibility index (Phi) is 4.49. The fraction of sp³-hybridized carbons (Fsp3) is 0.261. The molecule has 1 aromatic heterocycles. The second kappa shape index (κ2) is 7.75. The fourth-order valence-corrected chi connectivity index (χ4v) is 3.59. The van der Waals surface area contributed by atoms with Gasteiger partial charge in [-0.05, 0) is 47.9 Å². The van der Waals surface area contributed by atoms with E-state index in [9.17, 15) is 15.5 Å². The third-order valence-corrected chi connectivity index (χ3v) is 5.48. The zero-order valence-electron chi connectivity index (χ0n) is 18.7. The van der Waals surface area contributed by atoms with Crippen molar-refractivity contribution in [1.82, 2.24) is 9.97 Å². The number of nitriles is 1. The Labute approximate surface area is 177 Å². The van der Waals surface area contributed by atoms with Crippen molar-refractivity contribution in [1.29, 1.82) is 5.26 Å². The van der Waals surface area contributed by atoms with Gasteiger partial charge in [-0.3, -0.25) is 0 Å². The molecule has 0 aliphatic carbocycles. The number of aliphatic hydroxyl groups is 2. The molecule has 0 fully saturated rings. The Balaban J connectivity index is 1.73. The lowest BCUT2D eigenvalue weighted by atomic mass is 9.83. The first-order chi connectivity index (χ1) is 15.1. The van der Waals surface area contributed by atoms with Gasteiger partial charge in [0.25, 0.3) is 0 Å². The van der Waals surface area contributed by atoms with E-state index in [-0.39, 0.29) is 12.2 Å². The van der Waals surface area contributed by atoms with E-state index < -0.39 is 12.0 Å². The van der Waals surface area contributed by atoms with Gasteiger partial charge in [0, 0.05) is 29.4 Å². The van der Waals surface area contributed by atoms with Crippen LogP contribution in [0.1, 0.15) is 31.9 Å². The zero-order chi connectivity index (χ0) is 23.1. The molecule has 0 unspecified atom stereocenters. The minimum absolute atomic E-state index is 0.0497. The molecule has 4 rings (SSSR count). The van der Waals surface area contributed by atoms with Crippen LogP contribution in [0.25, 0.3) is 11.3 Å². The van der Waals surface area contributed by atoms with Crippen LogP contribution in [0.2, 0.25) is 0 Å². The minimum Gasteiger partial charge on any atom is -0.395 e. The predicted molar refractivity (Wildman–Crippen MR) is 115 cm³/mol. The number of anilines is 3. The highest BCUT2D eigenvalue weighted by molar-refractivity contribution is 5.76. The van der Waals surface area contributed by atoms with Crippen LogP contribution in [0, 0.1) is 18.3 Å². The van der Waals surface area contributed by atoms with Crippen LogP contribution in [-0.4, -0.2) is 33.3 Å². The molecule has 30 heavy (non-hydrogen) atoms. The van der Waals surface area contributed by atoms with E-state index in [1.807, 2.05) is 19.9 Å². The highest BCUT2D eigenvalue weighted by atomic mass is 16.3. The Morgan fingerprint density at radius 2 is 2.13 bits per heavy atom. The third-order valence-electron chi connectivity index (χ3n) is 5.48. The summed E-state index contributed by atoms with van der Waals surface area (Å²) in [6, 6.07) is 12.4. The normalized spacial score (nSPS) is 18.6. The van der Waals surface area contributed by atoms with Crippen molar-refractivity contribution in [2.45, 2.75) is 25.8 Å². The minimum atomic E-state index is -2.46. The lowest BCUT2D eigenvalue weighted by Crippen LogP contribution is -2.28. The van der Waals surface area contributed by atoms with Crippen LogP contribution in [-0.2, 0) is 12.0 Å². The van der Waals surface area contributed by atoms with Crippen LogP contribution in [0.3, 0.4) is 0 Å². The van der Waals surface area contributed by atoms with Gasteiger partial charge < -0.3 is 20.8 Å². The van der Waals surface area contributed by atoms with Gasteiger partial charge in [0.15, 0.2) is 0 Å². The van der Waals surface area contributed by atoms with Crippen LogP contribution >= 0.6 is 0 Å². The highest BCUT2D eigenvalue weighted by Gasteiger charge is 2.35. The maximum atomic E-state index is 9.91. The highest BCUT2D eigenvalue weighted by Crippen LogP contribution is 2.41. The molecule has 7 heteroatoms. The summed E-state index contributed by atoms with van der Waals surface area (Å²) in [7, 11) is 0. The molecule has 1 atom stereocenters. The molecule has 0 bridgehead atoms. The predicted octanol–water partition coefficient (Wildman–Crippen LogP) is 3.24. The Hall–Kier alpha value is -3.47. The molecule has 2 aromatic carbocycles. The zero-order valence-corrected chi connectivity index (χ0v) is 16.7. The first kappa shape index (κ1) is 17.4. The van der Waals surface area contributed by atoms with Crippen molar-refractivity contribution >= 4 is 17.3 Å². The first-order valence-electron chi connectivity index (χ1n) is 10.5. The summed E-state index contributed by atoms with van der Waals surface area (Å²) in [4.78, 5) is 8.83. The van der Waals surface area contributed by atoms with E-state index >= 15 is 0 Å². The van der Waals surface area contributed by atoms with E-state index in [0.29, 0.717) is 29.4 Å². The maximum absolute atomic E-state index is 9.91. The standard InChI is InChI=1S/C23H23N5O2/c1-14-3-4-15(11-29)7-20(14)28-22-25-6-5-19(27-22)16-8-17(10-24)21-18(9-16)23(2,13-30)12-26-21/h3-9,26,29-30H,11-13H2,1-2H3,(H,25,27,28)/t23-/m1/s1/i11D2. The summed E-state index contributed by atoms with van der Waals surface area (Å²) in [5.74, 6) is 0.295. The SMILES string of the molecule is [2H]C([2H])(O)c1ccc(C)c(Nc2nccc(-c3cc(C#N)c4c(c3)[C@@](C)(CO)CN4)n2)c1. The van der Waals surface area contributed by atoms with Crippen molar-refractivity contribution in [3.8, 4) is 17.3 Å². The van der Waals surface area contributed by atoms with Gasteiger partial charge in [0.2, 0.25) is 5.95 Å². The van der Waals surface area contributed by atoms with Gasteiger partial charge >= 0.3 is 0 Å². The number of hydrogen-bond acceptors (Lipinski definition) is 7. The fourth-order valence-electron chi connectivity index (χ4n) is 3.59. The van der Waals surface area contributed by atoms with Crippen molar-refractivity contribution in [3.63, 3.8) is 0 Å². The van der Waals surface area contributed by atoms with E-state index in [1.54, 1.807) is 24.4 Å². The summed E-state index contributed by atoms with van der Waals surface area (Å²) in [6.07, 6.45) is 1.60. The van der Waals surface area contributed by atoms with Crippen LogP contribution in [0.5, 0.6) is 0 Å². The van der Waals surface area contributed by atoms with Crippen molar-refractivity contribution < 1.29 is 13.0 Å². The Morgan fingerprint density at radius 1 is 1.30 bits per heavy atom. The first-order valence-corrected chi connectivity index (χ1v) is 9.52. The molecule has 7 nitrogen and oxygen atoms in total. The Morgan fingerprint density at radius 3 is 2.87 bits per heavy atom. The number of aryl methyl sites for hydroxylation is 1. The second-order valence-electron chi connectivity index (χ2n) is 7.66. The molecular weight excluding hydrogens is 378 g/mol. The molecular formula is C23H23N5O2. The number of hydrogen-bond donors (Lipinski definition) is 4. The molecule has 0 saturated carbocycles. The van der Waals surface area contributed by atoms with Crippen LogP contribution in [0.4, 0.5) is 17.3 Å². The number of aliphatic hydroxyl groups excluding tert-OH is 1.